The van der Waals surface area contributed by atoms with Crippen molar-refractivity contribution in [1.82, 2.24) is 0 Å². The molecule has 2 aromatic rings. The number of carbonyl (C=O) groups is 1. The van der Waals surface area contributed by atoms with Gasteiger partial charge in [0.15, 0.2) is 0 Å². The second-order valence-electron chi connectivity index (χ2n) is 5.27. The maximum atomic E-state index is 13.2. The first-order valence-electron chi connectivity index (χ1n) is 7.23. The summed E-state index contributed by atoms with van der Waals surface area (Å²) in [6, 6.07) is 15.7. The lowest BCUT2D eigenvalue weighted by Gasteiger charge is -2.22. The molecule has 2 rings (SSSR count). The number of rotatable bonds is 5. The third kappa shape index (κ3) is 3.91. The van der Waals surface area contributed by atoms with Gasteiger partial charge >= 0.3 is 0 Å². The molecular weight excluding hydrogens is 265 g/mol. The van der Waals surface area contributed by atoms with Gasteiger partial charge in [-0.3, -0.25) is 4.79 Å². The summed E-state index contributed by atoms with van der Waals surface area (Å²) in [4.78, 5) is 12.6. The van der Waals surface area contributed by atoms with E-state index in [0.29, 0.717) is 5.69 Å². The van der Waals surface area contributed by atoms with E-state index in [0.717, 1.165) is 12.0 Å². The highest BCUT2D eigenvalue weighted by molar-refractivity contribution is 5.96. The Morgan fingerprint density at radius 3 is 2.48 bits per heavy atom. The molecule has 2 nitrogen and oxygen atoms in total. The van der Waals surface area contributed by atoms with Crippen LogP contribution in [0.4, 0.5) is 10.1 Å². The lowest BCUT2D eigenvalue weighted by molar-refractivity contribution is -0.118. The first-order chi connectivity index (χ1) is 10.1. The van der Waals surface area contributed by atoms with Gasteiger partial charge in [-0.2, -0.15) is 0 Å². The molecule has 0 saturated heterocycles. The molecule has 0 aliphatic carbocycles. The smallest absolute Gasteiger partial charge is 0.232 e. The number of anilines is 1. The molecule has 2 aromatic carbocycles. The van der Waals surface area contributed by atoms with Gasteiger partial charge in [-0.25, -0.2) is 4.39 Å². The Bertz CT molecular complexity index is 597. The Kier molecular flexibility index (Phi) is 5.09. The van der Waals surface area contributed by atoms with Crippen LogP contribution in [0.25, 0.3) is 0 Å². The fourth-order valence-corrected chi connectivity index (χ4v) is 2.42. The van der Waals surface area contributed by atoms with Crippen molar-refractivity contribution in [3.8, 4) is 0 Å². The number of halogens is 1. The van der Waals surface area contributed by atoms with Crippen LogP contribution in [0.1, 0.15) is 31.7 Å². The van der Waals surface area contributed by atoms with Crippen LogP contribution < -0.4 is 5.32 Å². The van der Waals surface area contributed by atoms with Crippen molar-refractivity contribution in [3.05, 3.63) is 66.0 Å². The van der Waals surface area contributed by atoms with Gasteiger partial charge in [0.05, 0.1) is 5.92 Å². The van der Waals surface area contributed by atoms with E-state index in [9.17, 15) is 9.18 Å². The van der Waals surface area contributed by atoms with Gasteiger partial charge in [-0.05, 0) is 29.7 Å². The van der Waals surface area contributed by atoms with Crippen LogP contribution in [0.15, 0.2) is 54.6 Å². The lowest BCUT2D eigenvalue weighted by atomic mass is 9.85. The monoisotopic (exact) mass is 285 g/mol. The second kappa shape index (κ2) is 7.02. The van der Waals surface area contributed by atoms with Crippen molar-refractivity contribution >= 4 is 11.6 Å². The summed E-state index contributed by atoms with van der Waals surface area (Å²) in [5.41, 5.74) is 1.48. The summed E-state index contributed by atoms with van der Waals surface area (Å²) in [6.07, 6.45) is 0.899. The van der Waals surface area contributed by atoms with Crippen molar-refractivity contribution in [3.63, 3.8) is 0 Å². The van der Waals surface area contributed by atoms with Crippen LogP contribution in [-0.4, -0.2) is 5.91 Å². The Hall–Kier alpha value is -2.16. The van der Waals surface area contributed by atoms with E-state index in [1.165, 1.54) is 12.1 Å². The fourth-order valence-electron chi connectivity index (χ4n) is 2.42. The standard InChI is InChI=1S/C18H20FNO/c1-3-13(2)17(14-8-5-4-6-9-14)18(21)20-16-11-7-10-15(19)12-16/h4-13,17H,3H2,1-2H3,(H,20,21)/t13-,17-/m1/s1. The Morgan fingerprint density at radius 2 is 1.86 bits per heavy atom. The van der Waals surface area contributed by atoms with Gasteiger partial charge in [-0.15, -0.1) is 0 Å². The number of carbonyl (C=O) groups excluding carboxylic acids is 1. The molecule has 0 unspecified atom stereocenters. The predicted octanol–water partition coefficient (Wildman–Crippen LogP) is 4.59. The minimum absolute atomic E-state index is 0.0962. The van der Waals surface area contributed by atoms with Crippen LogP contribution in [0.3, 0.4) is 0 Å². The average molecular weight is 285 g/mol. The largest absolute Gasteiger partial charge is 0.325 e. The zero-order valence-corrected chi connectivity index (χ0v) is 12.3. The molecule has 110 valence electrons. The molecule has 0 heterocycles. The van der Waals surface area contributed by atoms with Gasteiger partial charge in [0, 0.05) is 5.69 Å². The Balaban J connectivity index is 2.23. The number of hydrogen-bond acceptors (Lipinski definition) is 1. The molecule has 21 heavy (non-hydrogen) atoms. The topological polar surface area (TPSA) is 29.1 Å². The predicted molar refractivity (Wildman–Crippen MR) is 83.7 cm³/mol. The van der Waals surface area contributed by atoms with Crippen LogP contribution >= 0.6 is 0 Å². The molecule has 3 heteroatoms. The molecule has 0 saturated carbocycles. The van der Waals surface area contributed by atoms with Gasteiger partial charge in [0.2, 0.25) is 5.91 Å². The molecule has 0 aromatic heterocycles. The quantitative estimate of drug-likeness (QED) is 0.855. The molecule has 2 atom stereocenters. The SMILES string of the molecule is CC[C@@H](C)[C@@H](C(=O)Nc1cccc(F)c1)c1ccccc1. The normalized spacial score (nSPS) is 13.5. The third-order valence-electron chi connectivity index (χ3n) is 3.75. The Morgan fingerprint density at radius 1 is 1.14 bits per heavy atom. The van der Waals surface area contributed by atoms with Crippen molar-refractivity contribution in [2.45, 2.75) is 26.2 Å². The van der Waals surface area contributed by atoms with E-state index in [1.54, 1.807) is 12.1 Å². The number of amides is 1. The number of benzene rings is 2. The number of nitrogens with one attached hydrogen (secondary N) is 1. The summed E-state index contributed by atoms with van der Waals surface area (Å²) in [5.74, 6) is -0.478. The highest BCUT2D eigenvalue weighted by Gasteiger charge is 2.25. The van der Waals surface area contributed by atoms with E-state index in [2.05, 4.69) is 19.2 Å². The molecule has 0 aliphatic heterocycles. The molecule has 0 aliphatic rings. The summed E-state index contributed by atoms with van der Waals surface area (Å²) in [6.45, 7) is 4.12. The zero-order valence-electron chi connectivity index (χ0n) is 12.3. The summed E-state index contributed by atoms with van der Waals surface area (Å²) >= 11 is 0. The van der Waals surface area contributed by atoms with Crippen LogP contribution in [0.5, 0.6) is 0 Å². The average Bonchev–Trinajstić information content (AvgIpc) is 2.48. The highest BCUT2D eigenvalue weighted by Crippen LogP contribution is 2.28. The maximum Gasteiger partial charge on any atom is 0.232 e. The van der Waals surface area contributed by atoms with E-state index < -0.39 is 0 Å². The fraction of sp³-hybridized carbons (Fsp3) is 0.278. The zero-order chi connectivity index (χ0) is 15.2. The van der Waals surface area contributed by atoms with Crippen molar-refractivity contribution < 1.29 is 9.18 Å². The molecule has 0 fully saturated rings. The van der Waals surface area contributed by atoms with Crippen molar-refractivity contribution in [1.29, 1.82) is 0 Å². The first-order valence-corrected chi connectivity index (χ1v) is 7.23. The van der Waals surface area contributed by atoms with Crippen molar-refractivity contribution in [2.24, 2.45) is 5.92 Å². The van der Waals surface area contributed by atoms with Crippen molar-refractivity contribution in [2.75, 3.05) is 5.32 Å². The van der Waals surface area contributed by atoms with Crippen LogP contribution in [-0.2, 0) is 4.79 Å². The van der Waals surface area contributed by atoms with Gasteiger partial charge in [0.1, 0.15) is 5.82 Å². The van der Waals surface area contributed by atoms with Crippen LogP contribution in [0.2, 0.25) is 0 Å². The lowest BCUT2D eigenvalue weighted by Crippen LogP contribution is -2.26. The minimum atomic E-state index is -0.354. The van der Waals surface area contributed by atoms with Crippen LogP contribution in [0, 0.1) is 11.7 Å². The molecule has 0 spiro atoms. The van der Waals surface area contributed by atoms with Gasteiger partial charge < -0.3 is 5.32 Å². The second-order valence-corrected chi connectivity index (χ2v) is 5.27. The van der Waals surface area contributed by atoms with Gasteiger partial charge in [0.25, 0.3) is 0 Å². The minimum Gasteiger partial charge on any atom is -0.325 e. The molecule has 0 radical (unpaired) electrons. The van der Waals surface area contributed by atoms with E-state index in [4.69, 9.17) is 0 Å². The molecule has 1 amide bonds. The van der Waals surface area contributed by atoms with Gasteiger partial charge in [-0.1, -0.05) is 56.7 Å². The summed E-state index contributed by atoms with van der Waals surface area (Å²) < 4.78 is 13.2. The summed E-state index contributed by atoms with van der Waals surface area (Å²) in [7, 11) is 0. The highest BCUT2D eigenvalue weighted by atomic mass is 19.1. The maximum absolute atomic E-state index is 13.2. The summed E-state index contributed by atoms with van der Waals surface area (Å²) in [5, 5.41) is 2.82. The molecule has 1 N–H and O–H groups in total. The Labute approximate surface area is 125 Å². The molecular formula is C18H20FNO. The van der Waals surface area contributed by atoms with E-state index in [1.807, 2.05) is 30.3 Å². The number of hydrogen-bond donors (Lipinski definition) is 1. The van der Waals surface area contributed by atoms with E-state index in [-0.39, 0.29) is 23.6 Å². The molecule has 0 bridgehead atoms. The first kappa shape index (κ1) is 15.2. The van der Waals surface area contributed by atoms with E-state index >= 15 is 0 Å². The third-order valence-corrected chi connectivity index (χ3v) is 3.75.